The molecule has 1 heterocycles. The Kier molecular flexibility index (Phi) is 4.02. The van der Waals surface area contributed by atoms with Gasteiger partial charge < -0.3 is 10.5 Å². The van der Waals surface area contributed by atoms with Crippen LogP contribution < -0.4 is 10.5 Å². The Morgan fingerprint density at radius 2 is 2.00 bits per heavy atom. The number of amidine groups is 1. The van der Waals surface area contributed by atoms with Crippen LogP contribution in [0.5, 0.6) is 5.88 Å². The fourth-order valence-corrected chi connectivity index (χ4v) is 1.83. The van der Waals surface area contributed by atoms with E-state index in [0.717, 1.165) is 11.1 Å². The van der Waals surface area contributed by atoms with Gasteiger partial charge in [0.1, 0.15) is 12.4 Å². The van der Waals surface area contributed by atoms with Gasteiger partial charge in [-0.3, -0.25) is 5.41 Å². The van der Waals surface area contributed by atoms with E-state index in [4.69, 9.17) is 27.5 Å². The molecule has 0 radical (unpaired) electrons. The molecule has 1 aromatic heterocycles. The average molecular weight is 276 g/mol. The molecule has 0 spiro atoms. The third-order valence-electron chi connectivity index (χ3n) is 2.68. The molecular formula is C14H14ClN3O. The number of ether oxygens (including phenoxy) is 1. The minimum absolute atomic E-state index is 0.0447. The second kappa shape index (κ2) is 5.71. The summed E-state index contributed by atoms with van der Waals surface area (Å²) < 4.78 is 5.63. The molecule has 4 nitrogen and oxygen atoms in total. The first-order valence-electron chi connectivity index (χ1n) is 5.75. The second-order valence-electron chi connectivity index (χ2n) is 4.14. The predicted octanol–water partition coefficient (Wildman–Crippen LogP) is 2.91. The molecule has 0 saturated carbocycles. The van der Waals surface area contributed by atoms with E-state index in [-0.39, 0.29) is 5.84 Å². The lowest BCUT2D eigenvalue weighted by Crippen LogP contribution is -2.15. The largest absolute Gasteiger partial charge is 0.472 e. The van der Waals surface area contributed by atoms with Gasteiger partial charge in [-0.25, -0.2) is 4.98 Å². The molecule has 2 rings (SSSR count). The summed E-state index contributed by atoms with van der Waals surface area (Å²) in [7, 11) is 0. The van der Waals surface area contributed by atoms with E-state index >= 15 is 0 Å². The average Bonchev–Trinajstić information content (AvgIpc) is 2.37. The first-order chi connectivity index (χ1) is 9.08. The highest BCUT2D eigenvalue weighted by Crippen LogP contribution is 2.19. The van der Waals surface area contributed by atoms with E-state index in [2.05, 4.69) is 4.98 Å². The molecule has 2 aromatic rings. The SMILES string of the molecule is Cc1ccnc(OCc2ccc(Cl)cc2)c1C(=N)N. The summed E-state index contributed by atoms with van der Waals surface area (Å²) in [5, 5.41) is 8.25. The minimum atomic E-state index is -0.0447. The van der Waals surface area contributed by atoms with Crippen LogP contribution in [-0.2, 0) is 6.61 Å². The standard InChI is InChI=1S/C14H14ClN3O/c1-9-6-7-18-14(12(9)13(16)17)19-8-10-2-4-11(15)5-3-10/h2-7H,8H2,1H3,(H3,16,17). The zero-order valence-electron chi connectivity index (χ0n) is 10.5. The maximum atomic E-state index is 7.57. The van der Waals surface area contributed by atoms with Gasteiger partial charge in [-0.05, 0) is 36.2 Å². The molecule has 98 valence electrons. The van der Waals surface area contributed by atoms with Gasteiger partial charge in [0.05, 0.1) is 5.56 Å². The molecule has 3 N–H and O–H groups in total. The van der Waals surface area contributed by atoms with Crippen LogP contribution in [-0.4, -0.2) is 10.8 Å². The highest BCUT2D eigenvalue weighted by Gasteiger charge is 2.11. The number of nitrogens with two attached hydrogens (primary N) is 1. The van der Waals surface area contributed by atoms with Gasteiger partial charge in [0, 0.05) is 11.2 Å². The van der Waals surface area contributed by atoms with Crippen LogP contribution in [0, 0.1) is 12.3 Å². The third-order valence-corrected chi connectivity index (χ3v) is 2.93. The van der Waals surface area contributed by atoms with E-state index in [1.807, 2.05) is 19.1 Å². The Morgan fingerprint density at radius 3 is 2.63 bits per heavy atom. The summed E-state index contributed by atoms with van der Waals surface area (Å²) in [5.74, 6) is 0.333. The Hall–Kier alpha value is -2.07. The molecule has 0 atom stereocenters. The number of hydrogen-bond donors (Lipinski definition) is 2. The molecule has 0 aliphatic carbocycles. The van der Waals surface area contributed by atoms with Crippen LogP contribution >= 0.6 is 11.6 Å². The molecule has 1 aromatic carbocycles. The van der Waals surface area contributed by atoms with Gasteiger partial charge >= 0.3 is 0 Å². The fourth-order valence-electron chi connectivity index (χ4n) is 1.70. The quantitative estimate of drug-likeness (QED) is 0.666. The molecule has 0 amide bonds. The van der Waals surface area contributed by atoms with Gasteiger partial charge in [-0.15, -0.1) is 0 Å². The first kappa shape index (κ1) is 13.4. The number of nitrogen functional groups attached to an aromatic ring is 1. The van der Waals surface area contributed by atoms with Crippen molar-refractivity contribution < 1.29 is 4.74 Å². The van der Waals surface area contributed by atoms with E-state index in [1.165, 1.54) is 0 Å². The molecule has 0 unspecified atom stereocenters. The summed E-state index contributed by atoms with van der Waals surface area (Å²) in [4.78, 5) is 4.12. The van der Waals surface area contributed by atoms with Crippen molar-refractivity contribution in [3.63, 3.8) is 0 Å². The number of nitrogens with one attached hydrogen (secondary N) is 1. The van der Waals surface area contributed by atoms with Gasteiger partial charge in [-0.1, -0.05) is 23.7 Å². The lowest BCUT2D eigenvalue weighted by Gasteiger charge is -2.11. The first-order valence-corrected chi connectivity index (χ1v) is 6.13. The number of pyridine rings is 1. The van der Waals surface area contributed by atoms with E-state index in [1.54, 1.807) is 24.4 Å². The molecule has 5 heteroatoms. The Morgan fingerprint density at radius 1 is 1.32 bits per heavy atom. The van der Waals surface area contributed by atoms with Crippen molar-refractivity contribution >= 4 is 17.4 Å². The lowest BCUT2D eigenvalue weighted by molar-refractivity contribution is 0.293. The second-order valence-corrected chi connectivity index (χ2v) is 4.57. The van der Waals surface area contributed by atoms with Crippen molar-refractivity contribution in [3.05, 3.63) is 58.2 Å². The molecule has 0 aliphatic heterocycles. The van der Waals surface area contributed by atoms with E-state index in [0.29, 0.717) is 23.1 Å². The normalized spacial score (nSPS) is 10.2. The lowest BCUT2D eigenvalue weighted by atomic mass is 10.1. The van der Waals surface area contributed by atoms with Crippen LogP contribution in [0.1, 0.15) is 16.7 Å². The van der Waals surface area contributed by atoms with E-state index < -0.39 is 0 Å². The number of aromatic nitrogens is 1. The molecule has 0 fully saturated rings. The van der Waals surface area contributed by atoms with Crippen LogP contribution in [0.4, 0.5) is 0 Å². The Bertz CT molecular complexity index is 596. The molecular weight excluding hydrogens is 262 g/mol. The molecule has 19 heavy (non-hydrogen) atoms. The number of benzene rings is 1. The van der Waals surface area contributed by atoms with Crippen LogP contribution in [0.2, 0.25) is 5.02 Å². The van der Waals surface area contributed by atoms with Crippen molar-refractivity contribution in [1.29, 1.82) is 5.41 Å². The van der Waals surface area contributed by atoms with Crippen LogP contribution in [0.15, 0.2) is 36.5 Å². The van der Waals surface area contributed by atoms with Crippen molar-refractivity contribution in [2.45, 2.75) is 13.5 Å². The highest BCUT2D eigenvalue weighted by atomic mass is 35.5. The number of hydrogen-bond acceptors (Lipinski definition) is 3. The topological polar surface area (TPSA) is 72.0 Å². The molecule has 0 saturated heterocycles. The monoisotopic (exact) mass is 275 g/mol. The summed E-state index contributed by atoms with van der Waals surface area (Å²) >= 11 is 5.82. The summed E-state index contributed by atoms with van der Waals surface area (Å²) in [6.45, 7) is 2.22. The Labute approximate surface area is 116 Å². The van der Waals surface area contributed by atoms with Gasteiger partial charge in [-0.2, -0.15) is 0 Å². The number of aryl methyl sites for hydroxylation is 1. The summed E-state index contributed by atoms with van der Waals surface area (Å²) in [6, 6.07) is 9.16. The zero-order valence-corrected chi connectivity index (χ0v) is 11.2. The van der Waals surface area contributed by atoms with E-state index in [9.17, 15) is 0 Å². The van der Waals surface area contributed by atoms with Crippen molar-refractivity contribution in [3.8, 4) is 5.88 Å². The van der Waals surface area contributed by atoms with Gasteiger partial charge in [0.25, 0.3) is 0 Å². The van der Waals surface area contributed by atoms with Gasteiger partial charge in [0.2, 0.25) is 5.88 Å². The minimum Gasteiger partial charge on any atom is -0.472 e. The van der Waals surface area contributed by atoms with Crippen LogP contribution in [0.3, 0.4) is 0 Å². The van der Waals surface area contributed by atoms with Crippen molar-refractivity contribution in [1.82, 2.24) is 4.98 Å². The fraction of sp³-hybridized carbons (Fsp3) is 0.143. The van der Waals surface area contributed by atoms with Crippen molar-refractivity contribution in [2.75, 3.05) is 0 Å². The highest BCUT2D eigenvalue weighted by molar-refractivity contribution is 6.30. The van der Waals surface area contributed by atoms with Gasteiger partial charge in [0.15, 0.2) is 0 Å². The summed E-state index contributed by atoms with van der Waals surface area (Å²) in [6.07, 6.45) is 1.64. The third kappa shape index (κ3) is 3.23. The Balaban J connectivity index is 2.18. The molecule has 0 aliphatic rings. The number of nitrogens with zero attached hydrogens (tertiary/aromatic N) is 1. The zero-order chi connectivity index (χ0) is 13.8. The summed E-state index contributed by atoms with van der Waals surface area (Å²) in [5.41, 5.74) is 7.93. The maximum absolute atomic E-state index is 7.57. The molecule has 0 bridgehead atoms. The number of halogens is 1. The smallest absolute Gasteiger partial charge is 0.225 e. The number of rotatable bonds is 4. The van der Waals surface area contributed by atoms with Crippen LogP contribution in [0.25, 0.3) is 0 Å². The van der Waals surface area contributed by atoms with Crippen molar-refractivity contribution in [2.24, 2.45) is 5.73 Å². The maximum Gasteiger partial charge on any atom is 0.225 e. The predicted molar refractivity (Wildman–Crippen MR) is 75.8 cm³/mol.